The molecule has 1 unspecified atom stereocenters. The summed E-state index contributed by atoms with van der Waals surface area (Å²) in [7, 11) is 0. The fourth-order valence-corrected chi connectivity index (χ4v) is 2.48. The van der Waals surface area contributed by atoms with Crippen LogP contribution in [0.15, 0.2) is 18.2 Å². The minimum Gasteiger partial charge on any atom is -0.379 e. The van der Waals surface area contributed by atoms with Gasteiger partial charge in [0.05, 0.1) is 17.6 Å². The van der Waals surface area contributed by atoms with Crippen LogP contribution in [0.1, 0.15) is 29.6 Å². The van der Waals surface area contributed by atoms with E-state index in [0.29, 0.717) is 26.2 Å². The van der Waals surface area contributed by atoms with Crippen LogP contribution >= 0.6 is 11.6 Å². The molecule has 0 spiro atoms. The van der Waals surface area contributed by atoms with Crippen molar-refractivity contribution in [2.75, 3.05) is 26.4 Å². The van der Waals surface area contributed by atoms with Crippen molar-refractivity contribution in [1.29, 1.82) is 0 Å². The first kappa shape index (κ1) is 17.7. The van der Waals surface area contributed by atoms with Crippen molar-refractivity contribution in [2.45, 2.75) is 25.4 Å². The minimum absolute atomic E-state index is 0.000302. The number of carbonyl (C=O) groups excluding carboxylic acids is 1. The first-order chi connectivity index (χ1) is 11.1. The van der Waals surface area contributed by atoms with Crippen molar-refractivity contribution in [3.8, 4) is 0 Å². The summed E-state index contributed by atoms with van der Waals surface area (Å²) in [5.74, 6) is -0.493. The Morgan fingerprint density at radius 1 is 1.52 bits per heavy atom. The number of amides is 1. The molecule has 0 radical (unpaired) electrons. The van der Waals surface area contributed by atoms with Gasteiger partial charge in [-0.2, -0.15) is 0 Å². The van der Waals surface area contributed by atoms with E-state index in [1.165, 1.54) is 18.2 Å². The maximum absolute atomic E-state index is 12.0. The molecule has 1 heterocycles. The molecule has 1 aliphatic rings. The molecule has 1 saturated heterocycles. The van der Waals surface area contributed by atoms with Crippen LogP contribution in [0.25, 0.3) is 0 Å². The molecule has 126 valence electrons. The molecule has 7 nitrogen and oxygen atoms in total. The van der Waals surface area contributed by atoms with Crippen molar-refractivity contribution >= 4 is 23.2 Å². The highest BCUT2D eigenvalue weighted by Crippen LogP contribution is 2.23. The Kier molecular flexibility index (Phi) is 6.76. The van der Waals surface area contributed by atoms with Gasteiger partial charge in [0.2, 0.25) is 0 Å². The van der Waals surface area contributed by atoms with E-state index < -0.39 is 10.8 Å². The van der Waals surface area contributed by atoms with Crippen LogP contribution in [0, 0.1) is 10.1 Å². The van der Waals surface area contributed by atoms with Crippen molar-refractivity contribution in [3.63, 3.8) is 0 Å². The Labute approximate surface area is 139 Å². The molecule has 1 fully saturated rings. The first-order valence-electron chi connectivity index (χ1n) is 7.49. The molecular formula is C15H19ClN2O5. The predicted molar refractivity (Wildman–Crippen MR) is 84.8 cm³/mol. The average Bonchev–Trinajstić information content (AvgIpc) is 3.03. The van der Waals surface area contributed by atoms with Gasteiger partial charge in [-0.15, -0.1) is 0 Å². The molecule has 0 aliphatic carbocycles. The van der Waals surface area contributed by atoms with Crippen LogP contribution in [0.3, 0.4) is 0 Å². The SMILES string of the molecule is O=C(NCCCOCC1CCCO1)c1ccc(Cl)cc1[N+](=O)[O-]. The topological polar surface area (TPSA) is 90.7 Å². The number of ether oxygens (including phenoxy) is 2. The van der Waals surface area contributed by atoms with Gasteiger partial charge in [-0.1, -0.05) is 11.6 Å². The standard InChI is InChI=1S/C15H19ClN2O5/c16-11-4-5-13(14(9-11)18(20)21)15(19)17-6-2-7-22-10-12-3-1-8-23-12/h4-5,9,12H,1-3,6-8,10H2,(H,17,19). The van der Waals surface area contributed by atoms with Crippen molar-refractivity contribution in [1.82, 2.24) is 5.32 Å². The molecular weight excluding hydrogens is 324 g/mol. The highest BCUT2D eigenvalue weighted by atomic mass is 35.5. The summed E-state index contributed by atoms with van der Waals surface area (Å²) in [6.07, 6.45) is 2.90. The van der Waals surface area contributed by atoms with Gasteiger partial charge < -0.3 is 14.8 Å². The van der Waals surface area contributed by atoms with Gasteiger partial charge in [0.15, 0.2) is 0 Å². The number of nitrogens with one attached hydrogen (secondary N) is 1. The van der Waals surface area contributed by atoms with E-state index in [9.17, 15) is 14.9 Å². The Morgan fingerprint density at radius 2 is 2.35 bits per heavy atom. The molecule has 23 heavy (non-hydrogen) atoms. The molecule has 0 aromatic heterocycles. The molecule has 1 N–H and O–H groups in total. The zero-order valence-electron chi connectivity index (χ0n) is 12.6. The normalized spacial score (nSPS) is 17.2. The monoisotopic (exact) mass is 342 g/mol. The van der Waals surface area contributed by atoms with Crippen LogP contribution in [0.4, 0.5) is 5.69 Å². The van der Waals surface area contributed by atoms with Crippen LogP contribution in [0.2, 0.25) is 5.02 Å². The largest absolute Gasteiger partial charge is 0.379 e. The van der Waals surface area contributed by atoms with E-state index in [0.717, 1.165) is 19.4 Å². The summed E-state index contributed by atoms with van der Waals surface area (Å²) in [6.45, 7) is 2.24. The quantitative estimate of drug-likeness (QED) is 0.445. The van der Waals surface area contributed by atoms with E-state index in [4.69, 9.17) is 21.1 Å². The molecule has 0 bridgehead atoms. The van der Waals surface area contributed by atoms with Gasteiger partial charge in [-0.3, -0.25) is 14.9 Å². The third-order valence-corrected chi connectivity index (χ3v) is 3.71. The van der Waals surface area contributed by atoms with E-state index >= 15 is 0 Å². The second kappa shape index (κ2) is 8.81. The second-order valence-corrected chi connectivity index (χ2v) is 5.67. The first-order valence-corrected chi connectivity index (χ1v) is 7.87. The van der Waals surface area contributed by atoms with E-state index in [-0.39, 0.29) is 22.4 Å². The third kappa shape index (κ3) is 5.46. The van der Waals surface area contributed by atoms with Crippen LogP contribution in [0.5, 0.6) is 0 Å². The van der Waals surface area contributed by atoms with Gasteiger partial charge in [-0.05, 0) is 31.4 Å². The summed E-state index contributed by atoms with van der Waals surface area (Å²) in [6, 6.07) is 3.97. The highest BCUT2D eigenvalue weighted by molar-refractivity contribution is 6.31. The van der Waals surface area contributed by atoms with Crippen molar-refractivity contribution in [2.24, 2.45) is 0 Å². The van der Waals surface area contributed by atoms with Crippen molar-refractivity contribution in [3.05, 3.63) is 38.9 Å². The minimum atomic E-state index is -0.620. The smallest absolute Gasteiger partial charge is 0.283 e. The number of nitro groups is 1. The number of benzene rings is 1. The second-order valence-electron chi connectivity index (χ2n) is 5.24. The zero-order valence-corrected chi connectivity index (χ0v) is 13.4. The molecule has 0 saturated carbocycles. The van der Waals surface area contributed by atoms with E-state index in [1.54, 1.807) is 0 Å². The maximum Gasteiger partial charge on any atom is 0.283 e. The number of nitrogens with zero attached hydrogens (tertiary/aromatic N) is 1. The van der Waals surface area contributed by atoms with E-state index in [2.05, 4.69) is 5.32 Å². The summed E-state index contributed by atoms with van der Waals surface area (Å²) in [5, 5.41) is 13.8. The third-order valence-electron chi connectivity index (χ3n) is 3.48. The molecule has 1 aromatic carbocycles. The molecule has 2 rings (SSSR count). The van der Waals surface area contributed by atoms with Gasteiger partial charge in [0.25, 0.3) is 11.6 Å². The van der Waals surface area contributed by atoms with Gasteiger partial charge in [0, 0.05) is 30.8 Å². The molecule has 1 aliphatic heterocycles. The lowest BCUT2D eigenvalue weighted by Gasteiger charge is -2.10. The fourth-order valence-electron chi connectivity index (χ4n) is 2.31. The number of hydrogen-bond acceptors (Lipinski definition) is 5. The van der Waals surface area contributed by atoms with Crippen LogP contribution in [-0.2, 0) is 9.47 Å². The Bertz CT molecular complexity index is 561. The van der Waals surface area contributed by atoms with Gasteiger partial charge >= 0.3 is 0 Å². The summed E-state index contributed by atoms with van der Waals surface area (Å²) in [4.78, 5) is 22.3. The number of nitro benzene ring substituents is 1. The Morgan fingerprint density at radius 3 is 3.04 bits per heavy atom. The van der Waals surface area contributed by atoms with Crippen LogP contribution < -0.4 is 5.32 Å². The lowest BCUT2D eigenvalue weighted by atomic mass is 10.1. The molecule has 1 aromatic rings. The van der Waals surface area contributed by atoms with Crippen LogP contribution in [-0.4, -0.2) is 43.3 Å². The fraction of sp³-hybridized carbons (Fsp3) is 0.533. The van der Waals surface area contributed by atoms with Gasteiger partial charge in [0.1, 0.15) is 5.56 Å². The zero-order chi connectivity index (χ0) is 16.7. The Balaban J connectivity index is 1.71. The highest BCUT2D eigenvalue weighted by Gasteiger charge is 2.20. The molecule has 1 amide bonds. The predicted octanol–water partition coefficient (Wildman–Crippen LogP) is 2.56. The Hall–Kier alpha value is -1.70. The summed E-state index contributed by atoms with van der Waals surface area (Å²) < 4.78 is 10.9. The number of carbonyl (C=O) groups is 1. The maximum atomic E-state index is 12.0. The summed E-state index contributed by atoms with van der Waals surface area (Å²) in [5.41, 5.74) is -0.302. The molecule has 1 atom stereocenters. The number of halogens is 1. The lowest BCUT2D eigenvalue weighted by Crippen LogP contribution is -2.26. The average molecular weight is 343 g/mol. The van der Waals surface area contributed by atoms with E-state index in [1.807, 2.05) is 0 Å². The number of hydrogen-bond donors (Lipinski definition) is 1. The number of rotatable bonds is 8. The van der Waals surface area contributed by atoms with Gasteiger partial charge in [-0.25, -0.2) is 0 Å². The lowest BCUT2D eigenvalue weighted by molar-refractivity contribution is -0.385. The van der Waals surface area contributed by atoms with Crippen molar-refractivity contribution < 1.29 is 19.2 Å². The molecule has 8 heteroatoms. The summed E-state index contributed by atoms with van der Waals surface area (Å²) >= 11 is 5.72.